The van der Waals surface area contributed by atoms with Crippen LogP contribution in [0.15, 0.2) is 30.3 Å². The number of aryl methyl sites for hydroxylation is 1. The van der Waals surface area contributed by atoms with Crippen LogP contribution in [0.2, 0.25) is 0 Å². The van der Waals surface area contributed by atoms with Crippen molar-refractivity contribution in [1.29, 1.82) is 0 Å². The van der Waals surface area contributed by atoms with Crippen molar-refractivity contribution >= 4 is 0 Å². The predicted octanol–water partition coefficient (Wildman–Crippen LogP) is 2.62. The van der Waals surface area contributed by atoms with Gasteiger partial charge < -0.3 is 5.32 Å². The summed E-state index contributed by atoms with van der Waals surface area (Å²) in [6.07, 6.45) is 2.40. The monoisotopic (exact) mass is 177 g/mol. The van der Waals surface area contributed by atoms with Gasteiger partial charge in [-0.15, -0.1) is 0 Å². The van der Waals surface area contributed by atoms with E-state index in [9.17, 15) is 0 Å². The Balaban J connectivity index is 2.27. The fraction of sp³-hybridized carbons (Fsp3) is 0.500. The van der Waals surface area contributed by atoms with E-state index >= 15 is 0 Å². The summed E-state index contributed by atoms with van der Waals surface area (Å²) in [5.41, 5.74) is 1.44. The molecule has 0 amide bonds. The summed E-state index contributed by atoms with van der Waals surface area (Å²) in [6.45, 7) is 5.46. The van der Waals surface area contributed by atoms with Crippen molar-refractivity contribution in [1.82, 2.24) is 5.32 Å². The smallest absolute Gasteiger partial charge is 0.00417 e. The topological polar surface area (TPSA) is 12.0 Å². The molecule has 0 saturated carbocycles. The summed E-state index contributed by atoms with van der Waals surface area (Å²) in [4.78, 5) is 0. The normalized spacial score (nSPS) is 12.8. The van der Waals surface area contributed by atoms with E-state index in [4.69, 9.17) is 0 Å². The van der Waals surface area contributed by atoms with Gasteiger partial charge in [-0.1, -0.05) is 37.3 Å². The number of benzene rings is 1. The highest BCUT2D eigenvalue weighted by Crippen LogP contribution is 2.04. The molecule has 0 bridgehead atoms. The predicted molar refractivity (Wildman–Crippen MR) is 57.9 cm³/mol. The van der Waals surface area contributed by atoms with Crippen LogP contribution in [0.5, 0.6) is 0 Å². The summed E-state index contributed by atoms with van der Waals surface area (Å²) in [6, 6.07) is 11.3. The van der Waals surface area contributed by atoms with Gasteiger partial charge in [0, 0.05) is 6.04 Å². The third-order valence-electron chi connectivity index (χ3n) is 2.26. The summed E-state index contributed by atoms with van der Waals surface area (Å²) in [5.74, 6) is 0. The lowest BCUT2D eigenvalue weighted by Gasteiger charge is -2.11. The maximum Gasteiger partial charge on any atom is 0.00417 e. The minimum absolute atomic E-state index is 0.630. The molecule has 1 aromatic carbocycles. The Hall–Kier alpha value is -0.820. The SMILES string of the molecule is CCNC(C)CCc1ccccc1. The van der Waals surface area contributed by atoms with Crippen LogP contribution in [-0.2, 0) is 6.42 Å². The highest BCUT2D eigenvalue weighted by molar-refractivity contribution is 5.14. The first-order valence-electron chi connectivity index (χ1n) is 5.10. The van der Waals surface area contributed by atoms with Gasteiger partial charge in [0.2, 0.25) is 0 Å². The zero-order valence-corrected chi connectivity index (χ0v) is 8.59. The lowest BCUT2D eigenvalue weighted by atomic mass is 10.1. The van der Waals surface area contributed by atoms with Crippen molar-refractivity contribution in [2.24, 2.45) is 0 Å². The summed E-state index contributed by atoms with van der Waals surface area (Å²) < 4.78 is 0. The fourth-order valence-corrected chi connectivity index (χ4v) is 1.48. The van der Waals surface area contributed by atoms with E-state index in [2.05, 4.69) is 49.5 Å². The molecule has 1 N–H and O–H groups in total. The number of hydrogen-bond donors (Lipinski definition) is 1. The molecule has 1 heteroatoms. The summed E-state index contributed by atoms with van der Waals surface area (Å²) >= 11 is 0. The molecule has 0 aliphatic heterocycles. The Bertz CT molecular complexity index is 218. The third-order valence-corrected chi connectivity index (χ3v) is 2.26. The molecule has 0 saturated heterocycles. The van der Waals surface area contributed by atoms with Crippen molar-refractivity contribution in [3.05, 3.63) is 35.9 Å². The second-order valence-electron chi connectivity index (χ2n) is 3.48. The molecule has 72 valence electrons. The van der Waals surface area contributed by atoms with Crippen LogP contribution in [0, 0.1) is 0 Å². The molecule has 1 unspecified atom stereocenters. The van der Waals surface area contributed by atoms with Crippen molar-refractivity contribution in [3.8, 4) is 0 Å². The van der Waals surface area contributed by atoms with Crippen molar-refractivity contribution < 1.29 is 0 Å². The maximum atomic E-state index is 3.42. The first kappa shape index (κ1) is 10.3. The maximum absolute atomic E-state index is 3.42. The molecule has 0 fully saturated rings. The van der Waals surface area contributed by atoms with Crippen LogP contribution >= 0.6 is 0 Å². The van der Waals surface area contributed by atoms with Crippen molar-refractivity contribution in [2.45, 2.75) is 32.7 Å². The van der Waals surface area contributed by atoms with Gasteiger partial charge in [-0.05, 0) is 31.9 Å². The third kappa shape index (κ3) is 4.09. The van der Waals surface area contributed by atoms with Gasteiger partial charge >= 0.3 is 0 Å². The molecule has 0 radical (unpaired) electrons. The minimum Gasteiger partial charge on any atom is -0.315 e. The van der Waals surface area contributed by atoms with E-state index in [-0.39, 0.29) is 0 Å². The first-order valence-corrected chi connectivity index (χ1v) is 5.10. The molecule has 1 rings (SSSR count). The fourth-order valence-electron chi connectivity index (χ4n) is 1.48. The van der Waals surface area contributed by atoms with Gasteiger partial charge in [-0.2, -0.15) is 0 Å². The Morgan fingerprint density at radius 2 is 1.92 bits per heavy atom. The molecule has 0 aromatic heterocycles. The number of nitrogens with one attached hydrogen (secondary N) is 1. The van der Waals surface area contributed by atoms with Crippen LogP contribution < -0.4 is 5.32 Å². The van der Waals surface area contributed by atoms with Gasteiger partial charge in [0.05, 0.1) is 0 Å². The molecule has 0 aliphatic rings. The second kappa shape index (κ2) is 5.76. The van der Waals surface area contributed by atoms with Crippen LogP contribution in [0.25, 0.3) is 0 Å². The van der Waals surface area contributed by atoms with Gasteiger partial charge in [0.1, 0.15) is 0 Å². The quantitative estimate of drug-likeness (QED) is 0.729. The van der Waals surface area contributed by atoms with Crippen LogP contribution in [0.1, 0.15) is 25.8 Å². The number of rotatable bonds is 5. The summed E-state index contributed by atoms with van der Waals surface area (Å²) in [5, 5.41) is 3.42. The number of hydrogen-bond acceptors (Lipinski definition) is 1. The molecule has 13 heavy (non-hydrogen) atoms. The zero-order valence-electron chi connectivity index (χ0n) is 8.59. The van der Waals surface area contributed by atoms with E-state index in [0.717, 1.165) is 6.54 Å². The average Bonchev–Trinajstić information content (AvgIpc) is 2.17. The average molecular weight is 177 g/mol. The zero-order chi connectivity index (χ0) is 9.52. The van der Waals surface area contributed by atoms with Gasteiger partial charge in [-0.3, -0.25) is 0 Å². The molecule has 1 aromatic rings. The molecule has 0 aliphatic carbocycles. The van der Waals surface area contributed by atoms with E-state index < -0.39 is 0 Å². The first-order chi connectivity index (χ1) is 6.33. The highest BCUT2D eigenvalue weighted by atomic mass is 14.9. The Kier molecular flexibility index (Phi) is 4.55. The lowest BCUT2D eigenvalue weighted by Crippen LogP contribution is -2.25. The molecule has 0 heterocycles. The molecule has 0 spiro atoms. The van der Waals surface area contributed by atoms with E-state index in [1.54, 1.807) is 0 Å². The van der Waals surface area contributed by atoms with E-state index in [1.807, 2.05) is 0 Å². The second-order valence-corrected chi connectivity index (χ2v) is 3.48. The Labute approximate surface area is 81.2 Å². The van der Waals surface area contributed by atoms with Crippen molar-refractivity contribution in [2.75, 3.05) is 6.54 Å². The molecule has 1 atom stereocenters. The van der Waals surface area contributed by atoms with Crippen molar-refractivity contribution in [3.63, 3.8) is 0 Å². The Morgan fingerprint density at radius 3 is 2.54 bits per heavy atom. The van der Waals surface area contributed by atoms with Gasteiger partial charge in [0.25, 0.3) is 0 Å². The summed E-state index contributed by atoms with van der Waals surface area (Å²) in [7, 11) is 0. The van der Waals surface area contributed by atoms with Crippen LogP contribution in [0.4, 0.5) is 0 Å². The lowest BCUT2D eigenvalue weighted by molar-refractivity contribution is 0.530. The Morgan fingerprint density at radius 1 is 1.23 bits per heavy atom. The molecular formula is C12H19N. The van der Waals surface area contributed by atoms with Crippen LogP contribution in [-0.4, -0.2) is 12.6 Å². The van der Waals surface area contributed by atoms with Gasteiger partial charge in [-0.25, -0.2) is 0 Å². The van der Waals surface area contributed by atoms with Gasteiger partial charge in [0.15, 0.2) is 0 Å². The highest BCUT2D eigenvalue weighted by Gasteiger charge is 1.99. The largest absolute Gasteiger partial charge is 0.315 e. The van der Waals surface area contributed by atoms with E-state index in [1.165, 1.54) is 18.4 Å². The molecule has 1 nitrogen and oxygen atoms in total. The standard InChI is InChI=1S/C12H19N/c1-3-13-11(2)9-10-12-7-5-4-6-8-12/h4-8,11,13H,3,9-10H2,1-2H3. The molecular weight excluding hydrogens is 158 g/mol. The minimum atomic E-state index is 0.630. The van der Waals surface area contributed by atoms with E-state index in [0.29, 0.717) is 6.04 Å². The van der Waals surface area contributed by atoms with Crippen LogP contribution in [0.3, 0.4) is 0 Å².